The largest absolute Gasteiger partial charge is 0.466 e. The fraction of sp³-hybridized carbons (Fsp3) is 0.955. The molecule has 5 heteroatoms. The number of esters is 2. The molecule has 0 aliphatic rings. The lowest BCUT2D eigenvalue weighted by molar-refractivity contribution is -0.144. The fourth-order valence-corrected chi connectivity index (χ4v) is 7.08. The van der Waals surface area contributed by atoms with E-state index in [0.717, 1.165) is 63.5 Å². The zero-order valence-electron chi connectivity index (χ0n) is 33.7. The maximum absolute atomic E-state index is 12.1. The van der Waals surface area contributed by atoms with Crippen LogP contribution in [0.1, 0.15) is 233 Å². The summed E-state index contributed by atoms with van der Waals surface area (Å²) in [5.74, 6) is 1.64. The molecule has 0 aromatic heterocycles. The SMILES string of the molecule is CCCCCC(CCCCC)CCCOC(=O)CCCCCCCNCCCCCCCC(=O)OCCCC(CCCCC)CCCCC. The molecule has 0 radical (unpaired) electrons. The molecule has 0 aromatic rings. The summed E-state index contributed by atoms with van der Waals surface area (Å²) >= 11 is 0. The Hall–Kier alpha value is -1.10. The quantitative estimate of drug-likeness (QED) is 0.0511. The summed E-state index contributed by atoms with van der Waals surface area (Å²) in [6, 6.07) is 0. The Labute approximate surface area is 307 Å². The molecule has 292 valence electrons. The number of carbonyl (C=O) groups excluding carboxylic acids is 2. The van der Waals surface area contributed by atoms with Crippen molar-refractivity contribution >= 4 is 11.9 Å². The lowest BCUT2D eigenvalue weighted by Crippen LogP contribution is -2.16. The van der Waals surface area contributed by atoms with Crippen molar-refractivity contribution < 1.29 is 19.1 Å². The molecule has 0 bridgehead atoms. The number of unbranched alkanes of at least 4 members (excludes halogenated alkanes) is 16. The van der Waals surface area contributed by atoms with E-state index in [1.807, 2.05) is 0 Å². The molecule has 0 aliphatic heterocycles. The van der Waals surface area contributed by atoms with Gasteiger partial charge in [0.25, 0.3) is 0 Å². The van der Waals surface area contributed by atoms with Gasteiger partial charge in [0, 0.05) is 12.8 Å². The molecular weight excluding hydrogens is 606 g/mol. The molecule has 1 N–H and O–H groups in total. The van der Waals surface area contributed by atoms with E-state index in [9.17, 15) is 9.59 Å². The molecule has 0 saturated heterocycles. The molecule has 0 aromatic carbocycles. The number of rotatable bonds is 40. The number of hydrogen-bond acceptors (Lipinski definition) is 5. The second-order valence-electron chi connectivity index (χ2n) is 15.2. The Balaban J connectivity index is 3.55. The van der Waals surface area contributed by atoms with Gasteiger partial charge in [-0.1, -0.05) is 169 Å². The highest BCUT2D eigenvalue weighted by Crippen LogP contribution is 2.23. The molecule has 5 nitrogen and oxygen atoms in total. The van der Waals surface area contributed by atoms with Gasteiger partial charge in [-0.15, -0.1) is 0 Å². The highest BCUT2D eigenvalue weighted by atomic mass is 16.5. The van der Waals surface area contributed by atoms with Crippen LogP contribution in [-0.4, -0.2) is 38.2 Å². The van der Waals surface area contributed by atoms with Gasteiger partial charge in [0.05, 0.1) is 13.2 Å². The van der Waals surface area contributed by atoms with Crippen molar-refractivity contribution in [3.05, 3.63) is 0 Å². The van der Waals surface area contributed by atoms with E-state index < -0.39 is 0 Å². The fourth-order valence-electron chi connectivity index (χ4n) is 7.08. The van der Waals surface area contributed by atoms with Crippen LogP contribution < -0.4 is 5.32 Å². The Morgan fingerprint density at radius 2 is 0.694 bits per heavy atom. The first-order valence-corrected chi connectivity index (χ1v) is 22.1. The first-order valence-electron chi connectivity index (χ1n) is 22.1. The van der Waals surface area contributed by atoms with Crippen molar-refractivity contribution in [1.29, 1.82) is 0 Å². The Morgan fingerprint density at radius 1 is 0.388 bits per heavy atom. The summed E-state index contributed by atoms with van der Waals surface area (Å²) in [5, 5.41) is 3.58. The van der Waals surface area contributed by atoms with Crippen LogP contribution in [0.5, 0.6) is 0 Å². The highest BCUT2D eigenvalue weighted by molar-refractivity contribution is 5.69. The Morgan fingerprint density at radius 3 is 1.04 bits per heavy atom. The predicted octanol–water partition coefficient (Wildman–Crippen LogP) is 13.5. The molecule has 0 atom stereocenters. The molecule has 0 unspecified atom stereocenters. The van der Waals surface area contributed by atoms with E-state index in [1.165, 1.54) is 154 Å². The van der Waals surface area contributed by atoms with E-state index in [-0.39, 0.29) is 11.9 Å². The molecular formula is C44H87NO4. The van der Waals surface area contributed by atoms with Gasteiger partial charge < -0.3 is 14.8 Å². The van der Waals surface area contributed by atoms with Crippen LogP contribution >= 0.6 is 0 Å². The van der Waals surface area contributed by atoms with Gasteiger partial charge in [0.2, 0.25) is 0 Å². The summed E-state index contributed by atoms with van der Waals surface area (Å²) in [6.45, 7) is 12.5. The monoisotopic (exact) mass is 694 g/mol. The van der Waals surface area contributed by atoms with Gasteiger partial charge in [-0.3, -0.25) is 9.59 Å². The smallest absolute Gasteiger partial charge is 0.305 e. The molecule has 0 fully saturated rings. The summed E-state index contributed by atoms with van der Waals surface area (Å²) in [5.41, 5.74) is 0. The second kappa shape index (κ2) is 39.7. The van der Waals surface area contributed by atoms with Crippen molar-refractivity contribution in [3.63, 3.8) is 0 Å². The summed E-state index contributed by atoms with van der Waals surface area (Å²) in [7, 11) is 0. The lowest BCUT2D eigenvalue weighted by atomic mass is 9.91. The van der Waals surface area contributed by atoms with Gasteiger partial charge in [0.15, 0.2) is 0 Å². The maximum Gasteiger partial charge on any atom is 0.305 e. The van der Waals surface area contributed by atoms with Crippen molar-refractivity contribution in [2.75, 3.05) is 26.3 Å². The average Bonchev–Trinajstić information content (AvgIpc) is 3.10. The van der Waals surface area contributed by atoms with Crippen LogP contribution in [0.15, 0.2) is 0 Å². The van der Waals surface area contributed by atoms with Crippen molar-refractivity contribution in [3.8, 4) is 0 Å². The lowest BCUT2D eigenvalue weighted by Gasteiger charge is -2.16. The minimum absolute atomic E-state index is 0.00000289. The zero-order chi connectivity index (χ0) is 35.9. The topological polar surface area (TPSA) is 64.6 Å². The first-order chi connectivity index (χ1) is 24.1. The number of carbonyl (C=O) groups is 2. The van der Waals surface area contributed by atoms with Gasteiger partial charge >= 0.3 is 11.9 Å². The van der Waals surface area contributed by atoms with E-state index in [1.54, 1.807) is 0 Å². The third kappa shape index (κ3) is 36.5. The minimum Gasteiger partial charge on any atom is -0.466 e. The van der Waals surface area contributed by atoms with Crippen molar-refractivity contribution in [2.24, 2.45) is 11.8 Å². The average molecular weight is 694 g/mol. The van der Waals surface area contributed by atoms with Gasteiger partial charge in [-0.2, -0.15) is 0 Å². The minimum atomic E-state index is 0.00000289. The molecule has 0 amide bonds. The van der Waals surface area contributed by atoms with E-state index >= 15 is 0 Å². The summed E-state index contributed by atoms with van der Waals surface area (Å²) in [4.78, 5) is 24.3. The van der Waals surface area contributed by atoms with Crippen LogP contribution in [-0.2, 0) is 19.1 Å². The number of hydrogen-bond donors (Lipinski definition) is 1. The molecule has 49 heavy (non-hydrogen) atoms. The van der Waals surface area contributed by atoms with Gasteiger partial charge in [-0.05, 0) is 76.3 Å². The summed E-state index contributed by atoms with van der Waals surface area (Å²) in [6.07, 6.45) is 38.4. The standard InChI is InChI=1S/C44H87NO4/c1-5-9-19-29-41(30-20-10-6-2)33-27-39-48-43(46)35-23-15-13-17-25-37-45-38-26-18-14-16-24-36-44(47)49-40-28-34-42(31-21-11-7-3)32-22-12-8-4/h41-42,45H,5-40H2,1-4H3. The molecule has 0 saturated carbocycles. The third-order valence-corrected chi connectivity index (χ3v) is 10.4. The van der Waals surface area contributed by atoms with Gasteiger partial charge in [-0.25, -0.2) is 0 Å². The van der Waals surface area contributed by atoms with Gasteiger partial charge in [0.1, 0.15) is 0 Å². The summed E-state index contributed by atoms with van der Waals surface area (Å²) < 4.78 is 11.1. The molecule has 0 rings (SSSR count). The van der Waals surface area contributed by atoms with E-state index in [0.29, 0.717) is 26.1 Å². The molecule has 0 aliphatic carbocycles. The van der Waals surface area contributed by atoms with E-state index in [4.69, 9.17) is 9.47 Å². The normalized spacial score (nSPS) is 11.6. The first kappa shape index (κ1) is 47.9. The third-order valence-electron chi connectivity index (χ3n) is 10.4. The number of nitrogens with one attached hydrogen (secondary N) is 1. The van der Waals surface area contributed by atoms with Crippen LogP contribution in [0.3, 0.4) is 0 Å². The Bertz CT molecular complexity index is 608. The second-order valence-corrected chi connectivity index (χ2v) is 15.2. The van der Waals surface area contributed by atoms with Crippen LogP contribution in [0.2, 0.25) is 0 Å². The van der Waals surface area contributed by atoms with Crippen molar-refractivity contribution in [2.45, 2.75) is 233 Å². The van der Waals surface area contributed by atoms with Crippen LogP contribution in [0.25, 0.3) is 0 Å². The Kier molecular flexibility index (Phi) is 38.8. The zero-order valence-corrected chi connectivity index (χ0v) is 33.7. The van der Waals surface area contributed by atoms with Crippen molar-refractivity contribution in [1.82, 2.24) is 5.32 Å². The molecule has 0 heterocycles. The molecule has 0 spiro atoms. The van der Waals surface area contributed by atoms with Crippen LogP contribution in [0, 0.1) is 11.8 Å². The maximum atomic E-state index is 12.1. The predicted molar refractivity (Wildman–Crippen MR) is 212 cm³/mol. The van der Waals surface area contributed by atoms with E-state index in [2.05, 4.69) is 33.0 Å². The highest BCUT2D eigenvalue weighted by Gasteiger charge is 2.11. The van der Waals surface area contributed by atoms with Crippen LogP contribution in [0.4, 0.5) is 0 Å². The number of ether oxygens (including phenoxy) is 2.